The molecule has 2 N–H and O–H groups in total. The van der Waals surface area contributed by atoms with Gasteiger partial charge in [-0.1, -0.05) is 39.0 Å². The summed E-state index contributed by atoms with van der Waals surface area (Å²) in [5.74, 6) is -0.856. The number of benzene rings is 1. The van der Waals surface area contributed by atoms with Crippen LogP contribution in [0.25, 0.3) is 10.4 Å². The van der Waals surface area contributed by atoms with E-state index in [1.807, 2.05) is 52.3 Å². The monoisotopic (exact) mass is 521 g/mol. The number of hydrogen-bond donors (Lipinski definition) is 2. The molecule has 2 fully saturated rings. The lowest BCUT2D eigenvalue weighted by atomic mass is 9.85. The molecule has 1 aromatic carbocycles. The molecule has 2 aromatic rings. The summed E-state index contributed by atoms with van der Waals surface area (Å²) in [6, 6.07) is 6.87. The lowest BCUT2D eigenvalue weighted by Crippen LogP contribution is -2.58. The Labute approximate surface area is 222 Å². The third kappa shape index (κ3) is 5.54. The van der Waals surface area contributed by atoms with Gasteiger partial charge in [-0.3, -0.25) is 14.4 Å². The first-order valence-corrected chi connectivity index (χ1v) is 13.7. The van der Waals surface area contributed by atoms with Crippen LogP contribution in [-0.4, -0.2) is 46.2 Å². The maximum absolute atomic E-state index is 13.6. The van der Waals surface area contributed by atoms with Crippen LogP contribution in [0.2, 0.25) is 0 Å². The number of aromatic nitrogens is 1. The third-order valence-electron chi connectivity index (χ3n) is 7.43. The van der Waals surface area contributed by atoms with Crippen molar-refractivity contribution in [1.29, 1.82) is 5.26 Å². The topological polar surface area (TPSA) is 115 Å². The largest absolute Gasteiger partial charge is 0.350 e. The summed E-state index contributed by atoms with van der Waals surface area (Å²) in [7, 11) is 0. The molecule has 1 saturated carbocycles. The van der Waals surface area contributed by atoms with E-state index in [9.17, 15) is 19.6 Å². The first kappa shape index (κ1) is 26.8. The Morgan fingerprint density at radius 3 is 2.57 bits per heavy atom. The van der Waals surface area contributed by atoms with Crippen LogP contribution in [0, 0.1) is 36.0 Å². The second kappa shape index (κ2) is 10.3. The predicted molar refractivity (Wildman–Crippen MR) is 142 cm³/mol. The van der Waals surface area contributed by atoms with E-state index in [1.165, 1.54) is 0 Å². The van der Waals surface area contributed by atoms with Crippen molar-refractivity contribution in [3.05, 3.63) is 40.5 Å². The molecule has 1 unspecified atom stereocenters. The molecule has 3 amide bonds. The van der Waals surface area contributed by atoms with Crippen molar-refractivity contribution in [2.24, 2.45) is 10.8 Å². The molecule has 1 aliphatic carbocycles. The minimum Gasteiger partial charge on any atom is -0.350 e. The molecule has 37 heavy (non-hydrogen) atoms. The van der Waals surface area contributed by atoms with E-state index in [0.29, 0.717) is 32.4 Å². The van der Waals surface area contributed by atoms with Gasteiger partial charge < -0.3 is 15.5 Å². The first-order chi connectivity index (χ1) is 17.5. The number of aryl methyl sites for hydroxylation is 2. The summed E-state index contributed by atoms with van der Waals surface area (Å²) < 4.78 is 0. The average Bonchev–Trinajstić information content (AvgIpc) is 3.28. The minimum atomic E-state index is -1.02. The molecule has 2 atom stereocenters. The van der Waals surface area contributed by atoms with Crippen molar-refractivity contribution >= 4 is 29.1 Å². The van der Waals surface area contributed by atoms with Crippen LogP contribution in [0.3, 0.4) is 0 Å². The molecule has 1 aliphatic heterocycles. The van der Waals surface area contributed by atoms with E-state index in [0.717, 1.165) is 33.7 Å². The van der Waals surface area contributed by atoms with Crippen molar-refractivity contribution in [2.75, 3.05) is 6.54 Å². The van der Waals surface area contributed by atoms with E-state index in [1.54, 1.807) is 16.2 Å². The molecule has 8 nitrogen and oxygen atoms in total. The van der Waals surface area contributed by atoms with Crippen molar-refractivity contribution in [3.8, 4) is 16.5 Å². The fourth-order valence-electron chi connectivity index (χ4n) is 4.82. The standard InChI is InChI=1S/C28H35N5O3S/c1-17-13-19(22-18(2)31-16-37-22)8-9-20(17)14-30-24(34)21-7-6-12-33(21)25(35)23(27(3,4)5)32-26(36)28(15-29)10-11-28/h8-9,13,16,21,23H,6-7,10-12,14H2,1-5H3,(H,30,34)(H,32,36)/t21?,23-/m1/s1. The van der Waals surface area contributed by atoms with Crippen LogP contribution < -0.4 is 10.6 Å². The highest BCUT2D eigenvalue weighted by atomic mass is 32.1. The smallest absolute Gasteiger partial charge is 0.246 e. The molecule has 1 aromatic heterocycles. The van der Waals surface area contributed by atoms with Gasteiger partial charge in [-0.25, -0.2) is 4.98 Å². The maximum Gasteiger partial charge on any atom is 0.246 e. The second-order valence-corrected chi connectivity index (χ2v) is 12.1. The van der Waals surface area contributed by atoms with E-state index in [2.05, 4.69) is 27.8 Å². The van der Waals surface area contributed by atoms with E-state index < -0.39 is 28.8 Å². The summed E-state index contributed by atoms with van der Waals surface area (Å²) in [5.41, 5.74) is 4.45. The van der Waals surface area contributed by atoms with E-state index in [-0.39, 0.29) is 11.8 Å². The first-order valence-electron chi connectivity index (χ1n) is 12.8. The van der Waals surface area contributed by atoms with E-state index >= 15 is 0 Å². The van der Waals surface area contributed by atoms with Gasteiger partial charge in [-0.2, -0.15) is 5.26 Å². The number of nitrogens with one attached hydrogen (secondary N) is 2. The molecule has 1 saturated heterocycles. The number of carbonyl (C=O) groups excluding carboxylic acids is 3. The van der Waals surface area contributed by atoms with Crippen molar-refractivity contribution in [3.63, 3.8) is 0 Å². The number of rotatable bonds is 7. The van der Waals surface area contributed by atoms with Gasteiger partial charge in [-0.15, -0.1) is 11.3 Å². The zero-order valence-electron chi connectivity index (χ0n) is 22.2. The summed E-state index contributed by atoms with van der Waals surface area (Å²) in [6.07, 6.45) is 2.32. The Balaban J connectivity index is 1.42. The number of likely N-dealkylation sites (tertiary alicyclic amines) is 1. The van der Waals surface area contributed by atoms with Gasteiger partial charge >= 0.3 is 0 Å². The molecule has 2 heterocycles. The molecule has 0 spiro atoms. The third-order valence-corrected chi connectivity index (χ3v) is 8.41. The Morgan fingerprint density at radius 2 is 2.00 bits per heavy atom. The number of thiazole rings is 1. The molecular formula is C28H35N5O3S. The normalized spacial score (nSPS) is 19.1. The average molecular weight is 522 g/mol. The van der Waals surface area contributed by atoms with Crippen LogP contribution in [0.1, 0.15) is 63.3 Å². The van der Waals surface area contributed by atoms with Crippen LogP contribution in [0.5, 0.6) is 0 Å². The van der Waals surface area contributed by atoms with Crippen molar-refractivity contribution in [2.45, 2.75) is 78.9 Å². The number of hydrogen-bond acceptors (Lipinski definition) is 6. The highest BCUT2D eigenvalue weighted by Gasteiger charge is 2.53. The summed E-state index contributed by atoms with van der Waals surface area (Å²) in [5, 5.41) is 15.3. The van der Waals surface area contributed by atoms with E-state index in [4.69, 9.17) is 0 Å². The van der Waals surface area contributed by atoms with Crippen LogP contribution >= 0.6 is 11.3 Å². The second-order valence-electron chi connectivity index (χ2n) is 11.3. The molecule has 9 heteroatoms. The van der Waals surface area contributed by atoms with Gasteiger partial charge in [0.1, 0.15) is 17.5 Å². The summed E-state index contributed by atoms with van der Waals surface area (Å²) in [6.45, 7) is 10.5. The fraction of sp³-hybridized carbons (Fsp3) is 0.536. The zero-order chi connectivity index (χ0) is 27.0. The quantitative estimate of drug-likeness (QED) is 0.574. The van der Waals surface area contributed by atoms with Crippen LogP contribution in [0.4, 0.5) is 0 Å². The molecular weight excluding hydrogens is 486 g/mol. The van der Waals surface area contributed by atoms with Gasteiger partial charge in [0.15, 0.2) is 0 Å². The Kier molecular flexibility index (Phi) is 7.43. The Bertz CT molecular complexity index is 1250. The van der Waals surface area contributed by atoms with Crippen molar-refractivity contribution < 1.29 is 14.4 Å². The summed E-state index contributed by atoms with van der Waals surface area (Å²) >= 11 is 1.61. The van der Waals surface area contributed by atoms with Gasteiger partial charge in [0, 0.05) is 13.1 Å². The molecule has 0 bridgehead atoms. The highest BCUT2D eigenvalue weighted by Crippen LogP contribution is 2.45. The maximum atomic E-state index is 13.6. The number of amides is 3. The van der Waals surface area contributed by atoms with Gasteiger partial charge in [0.05, 0.1) is 22.2 Å². The van der Waals surface area contributed by atoms with Crippen LogP contribution in [-0.2, 0) is 20.9 Å². The Hall–Kier alpha value is -3.25. The number of carbonyl (C=O) groups is 3. The SMILES string of the molecule is Cc1cc(-c2scnc2C)ccc1CNC(=O)C1CCCN1C(=O)[C@@H](NC(=O)C1(C#N)CC1)C(C)(C)C. The van der Waals surface area contributed by atoms with Gasteiger partial charge in [0.25, 0.3) is 0 Å². The molecule has 2 aliphatic rings. The highest BCUT2D eigenvalue weighted by molar-refractivity contribution is 7.13. The fourth-order valence-corrected chi connectivity index (χ4v) is 5.62. The molecule has 4 rings (SSSR count). The molecule has 0 radical (unpaired) electrons. The van der Waals surface area contributed by atoms with Gasteiger partial charge in [-0.05, 0) is 61.6 Å². The van der Waals surface area contributed by atoms with Crippen LogP contribution in [0.15, 0.2) is 23.7 Å². The minimum absolute atomic E-state index is 0.192. The predicted octanol–water partition coefficient (Wildman–Crippen LogP) is 3.87. The Morgan fingerprint density at radius 1 is 1.27 bits per heavy atom. The number of nitriles is 1. The van der Waals surface area contributed by atoms with Crippen molar-refractivity contribution in [1.82, 2.24) is 20.5 Å². The number of nitrogens with zero attached hydrogens (tertiary/aromatic N) is 3. The lowest BCUT2D eigenvalue weighted by Gasteiger charge is -2.35. The lowest BCUT2D eigenvalue weighted by molar-refractivity contribution is -0.144. The zero-order valence-corrected chi connectivity index (χ0v) is 23.0. The summed E-state index contributed by atoms with van der Waals surface area (Å²) in [4.78, 5) is 46.7. The van der Waals surface area contributed by atoms with Gasteiger partial charge in [0.2, 0.25) is 17.7 Å². The molecule has 196 valence electrons.